The van der Waals surface area contributed by atoms with Crippen molar-refractivity contribution in [3.8, 4) is 11.8 Å². The predicted octanol–water partition coefficient (Wildman–Crippen LogP) is 1.17. The van der Waals surface area contributed by atoms with Crippen LogP contribution in [0.3, 0.4) is 0 Å². The predicted molar refractivity (Wildman–Crippen MR) is 121 cm³/mol. The lowest BCUT2D eigenvalue weighted by atomic mass is 10.1. The summed E-state index contributed by atoms with van der Waals surface area (Å²) in [5.74, 6) is 6.66. The summed E-state index contributed by atoms with van der Waals surface area (Å²) in [6, 6.07) is 2.12. The van der Waals surface area contributed by atoms with E-state index < -0.39 is 32.1 Å². The van der Waals surface area contributed by atoms with Crippen LogP contribution in [0.2, 0.25) is 0 Å². The third kappa shape index (κ3) is 5.76. The van der Waals surface area contributed by atoms with Gasteiger partial charge >= 0.3 is 7.60 Å². The van der Waals surface area contributed by atoms with Crippen molar-refractivity contribution < 1.29 is 38.7 Å². The van der Waals surface area contributed by atoms with Crippen molar-refractivity contribution >= 4 is 24.4 Å². The number of hydrogen-bond donors (Lipinski definition) is 4. The van der Waals surface area contributed by atoms with Crippen LogP contribution < -0.4 is 5.32 Å². The van der Waals surface area contributed by atoms with E-state index in [-0.39, 0.29) is 19.0 Å². The Morgan fingerprint density at radius 2 is 2.06 bits per heavy atom. The molecule has 34 heavy (non-hydrogen) atoms. The lowest BCUT2D eigenvalue weighted by Gasteiger charge is -2.18. The molecule has 0 aromatic carbocycles. The van der Waals surface area contributed by atoms with Crippen LogP contribution in [0.15, 0.2) is 12.3 Å². The summed E-state index contributed by atoms with van der Waals surface area (Å²) in [4.78, 5) is 23.0. The van der Waals surface area contributed by atoms with Crippen LogP contribution in [0, 0.1) is 11.8 Å². The Morgan fingerprint density at radius 3 is 2.76 bits per heavy atom. The fourth-order valence-electron chi connectivity index (χ4n) is 4.15. The summed E-state index contributed by atoms with van der Waals surface area (Å²) in [6.07, 6.45) is 1.50. The van der Waals surface area contributed by atoms with E-state index in [4.69, 9.17) is 14.4 Å². The number of hydrogen-bond acceptors (Lipinski definition) is 10. The molecule has 13 heteroatoms. The largest absolute Gasteiger partial charge is 0.387 e. The Bertz CT molecular complexity index is 1100. The van der Waals surface area contributed by atoms with Crippen LogP contribution in [0.4, 0.5) is 5.82 Å². The SMILES string of the molecule is COCC#Cc1nc(NC2CCCC2)c2ccn([C@@H]3O[C@H](COOP(C)(=O)O)[C@@H](O)[C@H]3O)c2n1. The van der Waals surface area contributed by atoms with Gasteiger partial charge < -0.3 is 34.5 Å². The molecule has 1 saturated carbocycles. The van der Waals surface area contributed by atoms with Crippen molar-refractivity contribution in [1.29, 1.82) is 0 Å². The lowest BCUT2D eigenvalue weighted by Crippen LogP contribution is -2.33. The molecule has 5 atom stereocenters. The first kappa shape index (κ1) is 25.0. The highest BCUT2D eigenvalue weighted by atomic mass is 31.2. The maximum Gasteiger partial charge on any atom is 0.352 e. The molecule has 12 nitrogen and oxygen atoms in total. The van der Waals surface area contributed by atoms with Crippen LogP contribution in [0.1, 0.15) is 37.7 Å². The van der Waals surface area contributed by atoms with E-state index in [2.05, 4.69) is 31.8 Å². The highest BCUT2D eigenvalue weighted by Crippen LogP contribution is 2.38. The van der Waals surface area contributed by atoms with Gasteiger partial charge in [-0.15, -0.1) is 4.67 Å². The van der Waals surface area contributed by atoms with E-state index >= 15 is 0 Å². The van der Waals surface area contributed by atoms with E-state index in [1.54, 1.807) is 17.9 Å². The van der Waals surface area contributed by atoms with Crippen LogP contribution in [0.25, 0.3) is 11.0 Å². The van der Waals surface area contributed by atoms with Crippen LogP contribution >= 0.6 is 7.60 Å². The fourth-order valence-corrected chi connectivity index (χ4v) is 4.40. The minimum absolute atomic E-state index is 0.229. The van der Waals surface area contributed by atoms with Crippen LogP contribution in [-0.4, -0.2) is 81.0 Å². The number of aromatic nitrogens is 3. The summed E-state index contributed by atoms with van der Waals surface area (Å²) in [5, 5.41) is 25.3. The van der Waals surface area contributed by atoms with Gasteiger partial charge in [0, 0.05) is 26.0 Å². The Morgan fingerprint density at radius 1 is 1.29 bits per heavy atom. The first-order valence-electron chi connectivity index (χ1n) is 11.0. The second-order valence-electron chi connectivity index (χ2n) is 8.42. The molecule has 1 unspecified atom stereocenters. The highest BCUT2D eigenvalue weighted by molar-refractivity contribution is 7.51. The molecular formula is C21H29N4O8P. The van der Waals surface area contributed by atoms with E-state index in [0.717, 1.165) is 37.7 Å². The van der Waals surface area contributed by atoms with Gasteiger partial charge in [0.15, 0.2) is 6.23 Å². The Labute approximate surface area is 196 Å². The zero-order chi connectivity index (χ0) is 24.3. The smallest absolute Gasteiger partial charge is 0.352 e. The number of anilines is 1. The van der Waals surface area contributed by atoms with Gasteiger partial charge in [0.2, 0.25) is 5.82 Å². The van der Waals surface area contributed by atoms with Crippen molar-refractivity contribution in [2.45, 2.75) is 56.3 Å². The van der Waals surface area contributed by atoms with Crippen molar-refractivity contribution in [2.75, 3.05) is 32.3 Å². The topological polar surface area (TPSA) is 157 Å². The molecule has 2 fully saturated rings. The molecule has 186 valence electrons. The van der Waals surface area contributed by atoms with E-state index in [9.17, 15) is 19.7 Å². The molecule has 3 heterocycles. The van der Waals surface area contributed by atoms with Gasteiger partial charge in [0.25, 0.3) is 0 Å². The van der Waals surface area contributed by atoms with E-state index in [1.807, 2.05) is 6.07 Å². The maximum absolute atomic E-state index is 11.2. The lowest BCUT2D eigenvalue weighted by molar-refractivity contribution is -0.238. The normalized spacial score (nSPS) is 27.0. The minimum atomic E-state index is -3.86. The molecule has 0 spiro atoms. The summed E-state index contributed by atoms with van der Waals surface area (Å²) >= 11 is 0. The quantitative estimate of drug-likeness (QED) is 0.180. The number of nitrogens with zero attached hydrogens (tertiary/aromatic N) is 3. The van der Waals surface area contributed by atoms with Crippen LogP contribution in [-0.2, 0) is 23.6 Å². The number of aliphatic hydroxyl groups excluding tert-OH is 2. The zero-order valence-corrected chi connectivity index (χ0v) is 19.9. The molecule has 1 aliphatic heterocycles. The minimum Gasteiger partial charge on any atom is -0.387 e. The monoisotopic (exact) mass is 496 g/mol. The van der Waals surface area contributed by atoms with Gasteiger partial charge in [-0.05, 0) is 24.8 Å². The van der Waals surface area contributed by atoms with Gasteiger partial charge in [-0.25, -0.2) is 14.9 Å². The molecule has 4 rings (SSSR count). The van der Waals surface area contributed by atoms with Crippen LogP contribution in [0.5, 0.6) is 0 Å². The number of aliphatic hydroxyl groups is 2. The number of nitrogens with one attached hydrogen (secondary N) is 1. The van der Waals surface area contributed by atoms with E-state index in [1.165, 1.54) is 0 Å². The first-order chi connectivity index (χ1) is 16.3. The average molecular weight is 496 g/mol. The van der Waals surface area contributed by atoms with Gasteiger partial charge in [-0.2, -0.15) is 0 Å². The average Bonchev–Trinajstić information content (AvgIpc) is 3.50. The maximum atomic E-state index is 11.2. The molecule has 2 aromatic heterocycles. The number of fused-ring (bicyclic) bond motifs is 1. The second kappa shape index (κ2) is 10.7. The molecule has 2 aromatic rings. The first-order valence-corrected chi connectivity index (χ1v) is 13.1. The van der Waals surface area contributed by atoms with Crippen molar-refractivity contribution in [2.24, 2.45) is 0 Å². The molecule has 1 aliphatic carbocycles. The van der Waals surface area contributed by atoms with E-state index in [0.29, 0.717) is 17.5 Å². The third-order valence-corrected chi connectivity index (χ3v) is 6.10. The summed E-state index contributed by atoms with van der Waals surface area (Å²) in [5.41, 5.74) is 0.472. The fraction of sp³-hybridized carbons (Fsp3) is 0.619. The molecule has 0 bridgehead atoms. The second-order valence-corrected chi connectivity index (χ2v) is 10.2. The molecular weight excluding hydrogens is 467 g/mol. The standard InChI is InChI=1S/C21H29N4O8P/c1-30-11-5-8-16-23-19(22-13-6-3-4-7-13)14-9-10-25(20(14)24-16)21-18(27)17(26)15(32-21)12-31-33-34(2,28)29/h9-10,13,15,17-18,21,26-27H,3-4,6-7,11-12H2,1-2H3,(H,28,29)(H,22,23,24)/t15-,17-,18-,21-/m1/s1. The van der Waals surface area contributed by atoms with Crippen molar-refractivity contribution in [3.63, 3.8) is 0 Å². The Hall–Kier alpha value is -2.07. The van der Waals surface area contributed by atoms with Gasteiger partial charge in [0.05, 0.1) is 5.39 Å². The van der Waals surface area contributed by atoms with Gasteiger partial charge in [-0.3, -0.25) is 4.57 Å². The third-order valence-electron chi connectivity index (χ3n) is 5.72. The zero-order valence-electron chi connectivity index (χ0n) is 19.0. The van der Waals surface area contributed by atoms with Gasteiger partial charge in [-0.1, -0.05) is 18.8 Å². The Balaban J connectivity index is 1.62. The molecule has 1 saturated heterocycles. The van der Waals surface area contributed by atoms with Crippen molar-refractivity contribution in [1.82, 2.24) is 14.5 Å². The summed E-state index contributed by atoms with van der Waals surface area (Å²) in [7, 11) is -2.31. The molecule has 0 amide bonds. The molecule has 2 aliphatic rings. The molecule has 0 radical (unpaired) electrons. The molecule has 4 N–H and O–H groups in total. The number of rotatable bonds is 8. The van der Waals surface area contributed by atoms with Gasteiger partial charge in [0.1, 0.15) is 43.0 Å². The summed E-state index contributed by atoms with van der Waals surface area (Å²) < 4.78 is 28.0. The summed E-state index contributed by atoms with van der Waals surface area (Å²) in [6.45, 7) is 0.836. The highest BCUT2D eigenvalue weighted by Gasteiger charge is 2.44. The Kier molecular flexibility index (Phi) is 7.87. The number of methoxy groups -OCH3 is 1. The number of ether oxygens (including phenoxy) is 2. The van der Waals surface area contributed by atoms with Crippen molar-refractivity contribution in [3.05, 3.63) is 18.1 Å².